The number of carboxylic acids is 1. The number of hydrogen-bond donors (Lipinski definition) is 3. The van der Waals surface area contributed by atoms with Gasteiger partial charge in [-0.3, -0.25) is 4.79 Å². The minimum Gasteiger partial charge on any atom is -0.481 e. The number of hydrogen-bond acceptors (Lipinski definition) is 5. The van der Waals surface area contributed by atoms with Gasteiger partial charge in [-0.25, -0.2) is 4.79 Å². The molecule has 2 atom stereocenters. The van der Waals surface area contributed by atoms with Gasteiger partial charge in [0.25, 0.3) is 0 Å². The summed E-state index contributed by atoms with van der Waals surface area (Å²) < 4.78 is 4.79. The summed E-state index contributed by atoms with van der Waals surface area (Å²) in [5.41, 5.74) is 0. The van der Waals surface area contributed by atoms with E-state index in [9.17, 15) is 9.59 Å². The van der Waals surface area contributed by atoms with Crippen LogP contribution in [0.1, 0.15) is 25.2 Å². The molecule has 0 radical (unpaired) electrons. The molecule has 1 aromatic rings. The largest absolute Gasteiger partial charge is 0.481 e. The zero-order valence-corrected chi connectivity index (χ0v) is 10.3. The highest BCUT2D eigenvalue weighted by Crippen LogP contribution is 2.25. The van der Waals surface area contributed by atoms with Crippen molar-refractivity contribution in [3.63, 3.8) is 0 Å². The molecule has 0 spiro atoms. The van der Waals surface area contributed by atoms with Gasteiger partial charge in [0.15, 0.2) is 6.33 Å². The quantitative estimate of drug-likeness (QED) is 0.700. The van der Waals surface area contributed by atoms with Gasteiger partial charge in [0.2, 0.25) is 5.89 Å². The molecule has 0 saturated heterocycles. The average Bonchev–Trinajstić information content (AvgIpc) is 3.00. The topological polar surface area (TPSA) is 117 Å². The lowest BCUT2D eigenvalue weighted by Crippen LogP contribution is -2.41. The lowest BCUT2D eigenvalue weighted by molar-refractivity contribution is -0.141. The lowest BCUT2D eigenvalue weighted by atomic mass is 10.1. The van der Waals surface area contributed by atoms with E-state index < -0.39 is 5.97 Å². The smallest absolute Gasteiger partial charge is 0.315 e. The van der Waals surface area contributed by atoms with Crippen LogP contribution in [-0.4, -0.2) is 39.8 Å². The highest BCUT2D eigenvalue weighted by Gasteiger charge is 2.30. The Morgan fingerprint density at radius 1 is 1.47 bits per heavy atom. The maximum absolute atomic E-state index is 11.6. The van der Waals surface area contributed by atoms with Gasteiger partial charge >= 0.3 is 12.0 Å². The summed E-state index contributed by atoms with van der Waals surface area (Å²) >= 11 is 0. The monoisotopic (exact) mass is 268 g/mol. The van der Waals surface area contributed by atoms with Crippen LogP contribution in [0.3, 0.4) is 0 Å². The first-order valence-electron chi connectivity index (χ1n) is 6.18. The second-order valence-corrected chi connectivity index (χ2v) is 4.53. The Morgan fingerprint density at radius 2 is 2.32 bits per heavy atom. The molecule has 19 heavy (non-hydrogen) atoms. The van der Waals surface area contributed by atoms with Crippen molar-refractivity contribution in [2.45, 2.75) is 31.7 Å². The Balaban J connectivity index is 1.63. The molecule has 0 aliphatic heterocycles. The molecule has 2 rings (SSSR count). The van der Waals surface area contributed by atoms with Gasteiger partial charge in [-0.2, -0.15) is 4.98 Å². The van der Waals surface area contributed by atoms with Crippen LogP contribution in [0.5, 0.6) is 0 Å². The third kappa shape index (κ3) is 3.94. The molecule has 8 heteroatoms. The van der Waals surface area contributed by atoms with Gasteiger partial charge in [0.05, 0.1) is 5.92 Å². The molecule has 104 valence electrons. The molecule has 2 amide bonds. The van der Waals surface area contributed by atoms with Crippen molar-refractivity contribution in [1.29, 1.82) is 0 Å². The van der Waals surface area contributed by atoms with Gasteiger partial charge < -0.3 is 20.3 Å². The van der Waals surface area contributed by atoms with Gasteiger partial charge in [-0.05, 0) is 19.3 Å². The molecule has 1 saturated carbocycles. The molecular weight excluding hydrogens is 252 g/mol. The van der Waals surface area contributed by atoms with Crippen LogP contribution in [0.15, 0.2) is 10.9 Å². The van der Waals surface area contributed by atoms with E-state index in [1.165, 1.54) is 6.33 Å². The molecule has 1 heterocycles. The van der Waals surface area contributed by atoms with Gasteiger partial charge in [0, 0.05) is 19.0 Å². The number of amides is 2. The third-order valence-corrected chi connectivity index (χ3v) is 3.15. The maximum Gasteiger partial charge on any atom is 0.315 e. The molecule has 1 aromatic heterocycles. The van der Waals surface area contributed by atoms with Crippen LogP contribution in [0.25, 0.3) is 0 Å². The van der Waals surface area contributed by atoms with E-state index >= 15 is 0 Å². The van der Waals surface area contributed by atoms with E-state index in [0.29, 0.717) is 38.1 Å². The van der Waals surface area contributed by atoms with Crippen molar-refractivity contribution in [2.24, 2.45) is 5.92 Å². The second-order valence-electron chi connectivity index (χ2n) is 4.53. The Kier molecular flexibility index (Phi) is 4.32. The van der Waals surface area contributed by atoms with E-state index in [-0.39, 0.29) is 18.0 Å². The Morgan fingerprint density at radius 3 is 2.95 bits per heavy atom. The minimum absolute atomic E-state index is 0.0653. The van der Waals surface area contributed by atoms with Crippen molar-refractivity contribution in [3.05, 3.63) is 12.2 Å². The fourth-order valence-electron chi connectivity index (χ4n) is 2.16. The predicted molar refractivity (Wildman–Crippen MR) is 63.3 cm³/mol. The number of aliphatic carboxylic acids is 1. The Bertz CT molecular complexity index is 434. The van der Waals surface area contributed by atoms with Gasteiger partial charge in [0.1, 0.15) is 0 Å². The van der Waals surface area contributed by atoms with Gasteiger partial charge in [-0.15, -0.1) is 0 Å². The molecule has 2 unspecified atom stereocenters. The van der Waals surface area contributed by atoms with Gasteiger partial charge in [-0.1, -0.05) is 5.16 Å². The molecule has 3 N–H and O–H groups in total. The number of carbonyl (C=O) groups is 2. The van der Waals surface area contributed by atoms with Crippen molar-refractivity contribution < 1.29 is 19.2 Å². The third-order valence-electron chi connectivity index (χ3n) is 3.15. The van der Waals surface area contributed by atoms with Crippen LogP contribution < -0.4 is 10.6 Å². The van der Waals surface area contributed by atoms with Crippen molar-refractivity contribution >= 4 is 12.0 Å². The van der Waals surface area contributed by atoms with Crippen molar-refractivity contribution in [3.8, 4) is 0 Å². The summed E-state index contributed by atoms with van der Waals surface area (Å²) in [7, 11) is 0. The molecule has 1 aliphatic carbocycles. The molecule has 0 bridgehead atoms. The van der Waals surface area contributed by atoms with E-state index in [4.69, 9.17) is 9.63 Å². The van der Waals surface area contributed by atoms with E-state index in [1.807, 2.05) is 0 Å². The average molecular weight is 268 g/mol. The maximum atomic E-state index is 11.6. The first kappa shape index (κ1) is 13.3. The molecule has 1 aliphatic rings. The predicted octanol–water partition coefficient (Wildman–Crippen LogP) is 0.165. The van der Waals surface area contributed by atoms with Crippen LogP contribution >= 0.6 is 0 Å². The first-order valence-corrected chi connectivity index (χ1v) is 6.18. The van der Waals surface area contributed by atoms with E-state index in [1.54, 1.807) is 0 Å². The number of nitrogens with zero attached hydrogens (tertiary/aromatic N) is 2. The van der Waals surface area contributed by atoms with E-state index in [2.05, 4.69) is 20.8 Å². The zero-order valence-electron chi connectivity index (χ0n) is 10.3. The van der Waals surface area contributed by atoms with Crippen LogP contribution in [-0.2, 0) is 11.2 Å². The highest BCUT2D eigenvalue weighted by molar-refractivity contribution is 5.75. The molecule has 1 fully saturated rings. The fourth-order valence-corrected chi connectivity index (χ4v) is 2.16. The number of rotatable bonds is 5. The van der Waals surface area contributed by atoms with Crippen LogP contribution in [0, 0.1) is 5.92 Å². The standard InChI is InChI=1S/C11H16N4O4/c16-10(17)7-1-2-8(5-7)15-11(18)12-4-3-9-13-6-14-19-9/h6-8H,1-5H2,(H,16,17)(H2,12,15,18). The number of nitrogens with one attached hydrogen (secondary N) is 2. The molecule has 0 aromatic carbocycles. The SMILES string of the molecule is O=C(NCCc1ncno1)NC1CCC(C(=O)O)C1. The summed E-state index contributed by atoms with van der Waals surface area (Å²) in [6.45, 7) is 0.392. The fraction of sp³-hybridized carbons (Fsp3) is 0.636. The lowest BCUT2D eigenvalue weighted by Gasteiger charge is -2.12. The van der Waals surface area contributed by atoms with Crippen molar-refractivity contribution in [2.75, 3.05) is 6.54 Å². The van der Waals surface area contributed by atoms with E-state index in [0.717, 1.165) is 0 Å². The second kappa shape index (κ2) is 6.17. The number of carboxylic acid groups (broad SMARTS) is 1. The molecule has 8 nitrogen and oxygen atoms in total. The Labute approximate surface area is 109 Å². The summed E-state index contributed by atoms with van der Waals surface area (Å²) in [6, 6.07) is -0.361. The molecular formula is C11H16N4O4. The Hall–Kier alpha value is -2.12. The number of urea groups is 1. The van der Waals surface area contributed by atoms with Crippen LogP contribution in [0.4, 0.5) is 4.79 Å². The van der Waals surface area contributed by atoms with Crippen molar-refractivity contribution in [1.82, 2.24) is 20.8 Å². The highest BCUT2D eigenvalue weighted by atomic mass is 16.5. The summed E-state index contributed by atoms with van der Waals surface area (Å²) in [6.07, 6.45) is 3.58. The first-order chi connectivity index (χ1) is 9.15. The normalized spacial score (nSPS) is 22.1. The zero-order chi connectivity index (χ0) is 13.7. The minimum atomic E-state index is -0.791. The number of aromatic nitrogens is 2. The number of carbonyl (C=O) groups excluding carboxylic acids is 1. The summed E-state index contributed by atoms with van der Waals surface area (Å²) in [5, 5.41) is 17.7. The summed E-state index contributed by atoms with van der Waals surface area (Å²) in [4.78, 5) is 26.2. The summed E-state index contributed by atoms with van der Waals surface area (Å²) in [5.74, 6) is -0.670. The van der Waals surface area contributed by atoms with Crippen LogP contribution in [0.2, 0.25) is 0 Å².